The summed E-state index contributed by atoms with van der Waals surface area (Å²) in [6.07, 6.45) is 0. The van der Waals surface area contributed by atoms with Crippen LogP contribution in [0.5, 0.6) is 11.5 Å². The summed E-state index contributed by atoms with van der Waals surface area (Å²) in [5, 5.41) is 37.6. The number of nitrogens with one attached hydrogen (secondary N) is 2. The van der Waals surface area contributed by atoms with Crippen LogP contribution >= 0.6 is 11.3 Å². The third-order valence-electron chi connectivity index (χ3n) is 5.78. The Hall–Kier alpha value is -5.28. The molecule has 0 saturated heterocycles. The van der Waals surface area contributed by atoms with Gasteiger partial charge in [0.1, 0.15) is 28.0 Å². The van der Waals surface area contributed by atoms with Crippen molar-refractivity contribution in [1.29, 1.82) is 0 Å². The highest BCUT2D eigenvalue weighted by Gasteiger charge is 2.15. The summed E-state index contributed by atoms with van der Waals surface area (Å²) < 4.78 is 10.7. The lowest BCUT2D eigenvalue weighted by Gasteiger charge is -2.11. The minimum absolute atomic E-state index is 0.580. The number of anilines is 1. The van der Waals surface area contributed by atoms with Gasteiger partial charge in [-0.25, -0.2) is 29.1 Å². The number of thiophene rings is 1. The summed E-state index contributed by atoms with van der Waals surface area (Å²) in [4.78, 5) is 48.4. The molecule has 15 heteroatoms. The van der Waals surface area contributed by atoms with E-state index in [2.05, 4.69) is 36.6 Å². The quantitative estimate of drug-likeness (QED) is 0.146. The van der Waals surface area contributed by atoms with E-state index in [4.69, 9.17) is 59.0 Å². The van der Waals surface area contributed by atoms with Crippen molar-refractivity contribution < 1.29 is 49.1 Å². The van der Waals surface area contributed by atoms with Crippen molar-refractivity contribution in [3.63, 3.8) is 0 Å². The number of benzene rings is 2. The van der Waals surface area contributed by atoms with Gasteiger partial charge < -0.3 is 40.5 Å². The number of carboxylic acids is 4. The number of hydrogen-bond acceptors (Lipinski definition) is 11. The van der Waals surface area contributed by atoms with Gasteiger partial charge in [-0.1, -0.05) is 24.3 Å². The maximum absolute atomic E-state index is 9.10. The Kier molecular flexibility index (Phi) is 13.5. The van der Waals surface area contributed by atoms with Crippen LogP contribution in [-0.4, -0.2) is 68.5 Å². The fourth-order valence-electron chi connectivity index (χ4n) is 3.57. The lowest BCUT2D eigenvalue weighted by atomic mass is 10.2. The zero-order chi connectivity index (χ0) is 32.8. The van der Waals surface area contributed by atoms with Crippen LogP contribution in [0.15, 0.2) is 48.5 Å². The highest BCUT2D eigenvalue weighted by Crippen LogP contribution is 2.33. The lowest BCUT2D eigenvalue weighted by molar-refractivity contribution is -0.159. The Balaban J connectivity index is 0.000000477. The van der Waals surface area contributed by atoms with Crippen LogP contribution in [0.3, 0.4) is 0 Å². The first-order valence-electron chi connectivity index (χ1n) is 12.8. The molecule has 0 unspecified atom stereocenters. The fourth-order valence-corrected chi connectivity index (χ4v) is 4.62. The van der Waals surface area contributed by atoms with Crippen LogP contribution in [0.4, 0.5) is 5.82 Å². The van der Waals surface area contributed by atoms with Crippen molar-refractivity contribution in [2.24, 2.45) is 0 Å². The normalized spacial score (nSPS) is 10.0. The molecule has 0 spiro atoms. The molecule has 0 atom stereocenters. The molecule has 0 bridgehead atoms. The van der Waals surface area contributed by atoms with Gasteiger partial charge in [0, 0.05) is 18.0 Å². The molecule has 0 aliphatic carbocycles. The Morgan fingerprint density at radius 2 is 1.25 bits per heavy atom. The highest BCUT2D eigenvalue weighted by molar-refractivity contribution is 7.18. The van der Waals surface area contributed by atoms with Crippen LogP contribution in [-0.2, 0) is 38.8 Å². The molecule has 14 nitrogen and oxygen atoms in total. The monoisotopic (exact) mass is 628 g/mol. The molecule has 6 N–H and O–H groups in total. The third-order valence-corrected chi connectivity index (χ3v) is 6.88. The topological polar surface area (TPSA) is 217 Å². The summed E-state index contributed by atoms with van der Waals surface area (Å²) in [7, 11) is 3.36. The van der Waals surface area contributed by atoms with Gasteiger partial charge in [-0.15, -0.1) is 11.3 Å². The molecule has 44 heavy (non-hydrogen) atoms. The maximum Gasteiger partial charge on any atom is 0.414 e. The molecule has 4 rings (SSSR count). The number of aryl methyl sites for hydroxylation is 2. The van der Waals surface area contributed by atoms with E-state index in [0.29, 0.717) is 19.6 Å². The number of nitrogens with zero attached hydrogens (tertiary/aromatic N) is 2. The van der Waals surface area contributed by atoms with E-state index >= 15 is 0 Å². The number of carbonyl (C=O) groups is 4. The second-order valence-corrected chi connectivity index (χ2v) is 10.0. The zero-order valence-corrected chi connectivity index (χ0v) is 25.1. The molecule has 0 saturated carbocycles. The molecule has 4 aromatic rings. The molecule has 2 aromatic carbocycles. The summed E-state index contributed by atoms with van der Waals surface area (Å²) in [5.74, 6) is -3.94. The van der Waals surface area contributed by atoms with Crippen molar-refractivity contribution in [2.75, 3.05) is 19.5 Å². The first-order chi connectivity index (χ1) is 20.9. The molecule has 2 aromatic heterocycles. The zero-order valence-electron chi connectivity index (χ0n) is 24.3. The summed E-state index contributed by atoms with van der Waals surface area (Å²) in [5.41, 5.74) is 3.53. The van der Waals surface area contributed by atoms with Crippen LogP contribution in [0.25, 0.3) is 10.2 Å². The number of fused-ring (bicyclic) bond motifs is 1. The largest absolute Gasteiger partial charge is 0.497 e. The van der Waals surface area contributed by atoms with Crippen molar-refractivity contribution in [3.8, 4) is 11.5 Å². The minimum atomic E-state index is -1.82. The lowest BCUT2D eigenvalue weighted by Crippen LogP contribution is -2.16. The van der Waals surface area contributed by atoms with Crippen molar-refractivity contribution >= 4 is 51.2 Å². The molecular weight excluding hydrogens is 596 g/mol. The number of ether oxygens (including phenoxy) is 2. The summed E-state index contributed by atoms with van der Waals surface area (Å²) in [6.45, 7) is 6.22. The average molecular weight is 629 g/mol. The van der Waals surface area contributed by atoms with Gasteiger partial charge in [0.2, 0.25) is 0 Å². The van der Waals surface area contributed by atoms with Crippen LogP contribution < -0.4 is 20.1 Å². The third kappa shape index (κ3) is 10.8. The first kappa shape index (κ1) is 34.9. The molecule has 0 aliphatic rings. The van der Waals surface area contributed by atoms with Crippen LogP contribution in [0.1, 0.15) is 27.4 Å². The number of rotatable bonds is 9. The Morgan fingerprint density at radius 3 is 1.73 bits per heavy atom. The van der Waals surface area contributed by atoms with Gasteiger partial charge in [-0.3, -0.25) is 0 Å². The Bertz CT molecular complexity index is 1580. The van der Waals surface area contributed by atoms with E-state index in [1.807, 2.05) is 36.4 Å². The molecule has 0 amide bonds. The molecule has 0 radical (unpaired) electrons. The summed E-state index contributed by atoms with van der Waals surface area (Å²) in [6, 6.07) is 16.1. The predicted octanol–water partition coefficient (Wildman–Crippen LogP) is 3.54. The van der Waals surface area contributed by atoms with Gasteiger partial charge in [0.05, 0.1) is 26.2 Å². The number of hydrogen-bond donors (Lipinski definition) is 6. The van der Waals surface area contributed by atoms with Crippen molar-refractivity contribution in [1.82, 2.24) is 15.3 Å². The van der Waals surface area contributed by atoms with E-state index in [9.17, 15) is 0 Å². The van der Waals surface area contributed by atoms with Crippen LogP contribution in [0, 0.1) is 13.8 Å². The molecule has 0 fully saturated rings. The average Bonchev–Trinajstić information content (AvgIpc) is 3.29. The second-order valence-electron chi connectivity index (χ2n) is 8.83. The smallest absolute Gasteiger partial charge is 0.414 e. The predicted molar refractivity (Wildman–Crippen MR) is 161 cm³/mol. The van der Waals surface area contributed by atoms with E-state index in [-0.39, 0.29) is 0 Å². The number of aromatic nitrogens is 2. The number of aliphatic carboxylic acids is 4. The first-order valence-corrected chi connectivity index (χ1v) is 13.6. The van der Waals surface area contributed by atoms with Gasteiger partial charge in [-0.2, -0.15) is 0 Å². The van der Waals surface area contributed by atoms with Gasteiger partial charge in [-0.05, 0) is 54.8 Å². The minimum Gasteiger partial charge on any atom is -0.497 e. The SMILES string of the molecule is COc1cccc(CNCc2nc(NCc3cccc(OC)c3)c3c(C)c(C)sc3n2)c1.O=C(O)C(=O)O.O=C(O)C(=O)O. The standard InChI is InChI=1S/C25H28N4O2S.2C2H2O4/c1-16-17(2)32-25-23(16)24(27-14-19-8-6-10-21(12-19)31-4)28-22(29-25)15-26-13-18-7-5-9-20(11-18)30-3;2*3-1(4)2(5)6/h5-12,26H,13-15H2,1-4H3,(H,27,28,29);2*(H,3,4)(H,5,6). The van der Waals surface area contributed by atoms with Crippen molar-refractivity contribution in [2.45, 2.75) is 33.5 Å². The molecule has 0 aliphatic heterocycles. The highest BCUT2D eigenvalue weighted by atomic mass is 32.1. The van der Waals surface area contributed by atoms with E-state index in [0.717, 1.165) is 44.5 Å². The van der Waals surface area contributed by atoms with E-state index in [1.165, 1.54) is 10.4 Å². The Morgan fingerprint density at radius 1 is 0.750 bits per heavy atom. The van der Waals surface area contributed by atoms with Gasteiger partial charge in [0.15, 0.2) is 0 Å². The van der Waals surface area contributed by atoms with Crippen LogP contribution in [0.2, 0.25) is 0 Å². The van der Waals surface area contributed by atoms with Crippen molar-refractivity contribution in [3.05, 3.63) is 75.9 Å². The number of carboxylic acid groups (broad SMARTS) is 4. The van der Waals surface area contributed by atoms with E-state index < -0.39 is 23.9 Å². The van der Waals surface area contributed by atoms with E-state index in [1.54, 1.807) is 25.6 Å². The molecule has 234 valence electrons. The molecular formula is C29H32N4O10S. The fraction of sp³-hybridized carbons (Fsp3) is 0.241. The summed E-state index contributed by atoms with van der Waals surface area (Å²) >= 11 is 1.71. The maximum atomic E-state index is 9.10. The number of methoxy groups -OCH3 is 2. The Labute approximate surface area is 255 Å². The van der Waals surface area contributed by atoms with Gasteiger partial charge >= 0.3 is 23.9 Å². The van der Waals surface area contributed by atoms with Gasteiger partial charge in [0.25, 0.3) is 0 Å². The second kappa shape index (κ2) is 17.0. The molecule has 2 heterocycles.